The Bertz CT molecular complexity index is 541. The highest BCUT2D eigenvalue weighted by molar-refractivity contribution is 5.85. The van der Waals surface area contributed by atoms with Gasteiger partial charge in [-0.3, -0.25) is 0 Å². The van der Waals surface area contributed by atoms with Crippen LogP contribution < -0.4 is 4.90 Å². The lowest BCUT2D eigenvalue weighted by Gasteiger charge is -2.18. The van der Waals surface area contributed by atoms with Crippen LogP contribution in [0.1, 0.15) is 16.1 Å². The van der Waals surface area contributed by atoms with Crippen molar-refractivity contribution < 1.29 is 9.90 Å². The van der Waals surface area contributed by atoms with Gasteiger partial charge in [0.1, 0.15) is 5.82 Å². The van der Waals surface area contributed by atoms with Gasteiger partial charge in [-0.05, 0) is 17.7 Å². The van der Waals surface area contributed by atoms with E-state index in [-0.39, 0.29) is 5.69 Å². The van der Waals surface area contributed by atoms with E-state index >= 15 is 0 Å². The molecule has 0 atom stereocenters. The summed E-state index contributed by atoms with van der Waals surface area (Å²) < 4.78 is 0. The first-order valence-corrected chi connectivity index (χ1v) is 5.62. The zero-order chi connectivity index (χ0) is 13.0. The van der Waals surface area contributed by atoms with E-state index in [2.05, 4.69) is 4.98 Å². The lowest BCUT2D eigenvalue weighted by Crippen LogP contribution is -2.18. The van der Waals surface area contributed by atoms with Gasteiger partial charge < -0.3 is 10.0 Å². The molecule has 1 heterocycles. The third-order valence-electron chi connectivity index (χ3n) is 2.61. The summed E-state index contributed by atoms with van der Waals surface area (Å²) >= 11 is 0. The smallest absolute Gasteiger partial charge is 0.354 e. The molecule has 2 rings (SSSR count). The highest BCUT2D eigenvalue weighted by Gasteiger charge is 2.08. The summed E-state index contributed by atoms with van der Waals surface area (Å²) in [6.07, 6.45) is 0. The van der Waals surface area contributed by atoms with Gasteiger partial charge in [-0.1, -0.05) is 36.4 Å². The lowest BCUT2D eigenvalue weighted by atomic mass is 10.2. The maximum atomic E-state index is 10.9. The van der Waals surface area contributed by atoms with Crippen LogP contribution in [0.25, 0.3) is 0 Å². The standard InChI is InChI=1S/C14H14N2O2/c1-16(10-11-6-3-2-4-7-11)13-9-5-8-12(15-13)14(17)18/h2-9H,10H2,1H3,(H,17,18). The van der Waals surface area contributed by atoms with Crippen LogP contribution in [0.15, 0.2) is 48.5 Å². The van der Waals surface area contributed by atoms with Crippen LogP contribution >= 0.6 is 0 Å². The average Bonchev–Trinajstić information content (AvgIpc) is 2.40. The molecule has 1 aromatic carbocycles. The van der Waals surface area contributed by atoms with Crippen molar-refractivity contribution in [2.75, 3.05) is 11.9 Å². The van der Waals surface area contributed by atoms with Crippen LogP contribution in [0.4, 0.5) is 5.82 Å². The molecule has 1 aromatic heterocycles. The number of carboxylic acid groups (broad SMARTS) is 1. The Hall–Kier alpha value is -2.36. The highest BCUT2D eigenvalue weighted by atomic mass is 16.4. The van der Waals surface area contributed by atoms with E-state index in [0.717, 1.165) is 5.56 Å². The van der Waals surface area contributed by atoms with Crippen LogP contribution in [-0.2, 0) is 6.54 Å². The first-order valence-electron chi connectivity index (χ1n) is 5.62. The predicted molar refractivity (Wildman–Crippen MR) is 69.7 cm³/mol. The molecule has 0 spiro atoms. The van der Waals surface area contributed by atoms with Crippen LogP contribution in [0.2, 0.25) is 0 Å². The molecule has 92 valence electrons. The quantitative estimate of drug-likeness (QED) is 0.894. The van der Waals surface area contributed by atoms with Crippen molar-refractivity contribution in [3.63, 3.8) is 0 Å². The maximum absolute atomic E-state index is 10.9. The summed E-state index contributed by atoms with van der Waals surface area (Å²) in [6, 6.07) is 15.0. The minimum absolute atomic E-state index is 0.0624. The molecule has 0 aliphatic carbocycles. The predicted octanol–water partition coefficient (Wildman–Crippen LogP) is 2.42. The van der Waals surface area contributed by atoms with E-state index in [1.807, 2.05) is 42.3 Å². The Morgan fingerprint density at radius 2 is 1.89 bits per heavy atom. The molecule has 4 nitrogen and oxygen atoms in total. The molecule has 0 aliphatic rings. The Balaban J connectivity index is 2.16. The van der Waals surface area contributed by atoms with E-state index < -0.39 is 5.97 Å². The molecule has 0 amide bonds. The third-order valence-corrected chi connectivity index (χ3v) is 2.61. The van der Waals surface area contributed by atoms with Gasteiger partial charge in [0.2, 0.25) is 0 Å². The highest BCUT2D eigenvalue weighted by Crippen LogP contribution is 2.13. The number of pyridine rings is 1. The van der Waals surface area contributed by atoms with Gasteiger partial charge in [0.05, 0.1) is 0 Å². The lowest BCUT2D eigenvalue weighted by molar-refractivity contribution is 0.0690. The number of benzene rings is 1. The summed E-state index contributed by atoms with van der Waals surface area (Å²) in [5.41, 5.74) is 1.22. The summed E-state index contributed by atoms with van der Waals surface area (Å²) in [6.45, 7) is 0.691. The number of aromatic nitrogens is 1. The van der Waals surface area contributed by atoms with Gasteiger partial charge in [-0.15, -0.1) is 0 Å². The molecule has 0 bridgehead atoms. The zero-order valence-electron chi connectivity index (χ0n) is 10.1. The molecular formula is C14H14N2O2. The van der Waals surface area contributed by atoms with E-state index in [1.54, 1.807) is 12.1 Å². The summed E-state index contributed by atoms with van der Waals surface area (Å²) in [7, 11) is 1.89. The first-order chi connectivity index (χ1) is 8.66. The van der Waals surface area contributed by atoms with Crippen LogP contribution in [0.5, 0.6) is 0 Å². The van der Waals surface area contributed by atoms with Crippen molar-refractivity contribution in [1.29, 1.82) is 0 Å². The number of rotatable bonds is 4. The average molecular weight is 242 g/mol. The molecule has 0 saturated carbocycles. The number of carboxylic acids is 1. The Morgan fingerprint density at radius 1 is 1.17 bits per heavy atom. The summed E-state index contributed by atoms with van der Waals surface area (Å²) in [5, 5.41) is 8.90. The number of anilines is 1. The van der Waals surface area contributed by atoms with Gasteiger partial charge in [-0.2, -0.15) is 0 Å². The SMILES string of the molecule is CN(Cc1ccccc1)c1cccc(C(=O)O)n1. The van der Waals surface area contributed by atoms with Gasteiger partial charge in [0, 0.05) is 13.6 Å². The van der Waals surface area contributed by atoms with Gasteiger partial charge >= 0.3 is 5.97 Å². The zero-order valence-corrected chi connectivity index (χ0v) is 10.1. The van der Waals surface area contributed by atoms with Crippen LogP contribution in [0, 0.1) is 0 Å². The summed E-state index contributed by atoms with van der Waals surface area (Å²) in [4.78, 5) is 16.9. The van der Waals surface area contributed by atoms with Gasteiger partial charge in [0.25, 0.3) is 0 Å². The molecular weight excluding hydrogens is 228 g/mol. The minimum Gasteiger partial charge on any atom is -0.477 e. The van der Waals surface area contributed by atoms with Crippen molar-refractivity contribution in [3.8, 4) is 0 Å². The van der Waals surface area contributed by atoms with E-state index in [0.29, 0.717) is 12.4 Å². The summed E-state index contributed by atoms with van der Waals surface area (Å²) in [5.74, 6) is -0.358. The maximum Gasteiger partial charge on any atom is 0.354 e. The molecule has 0 fully saturated rings. The van der Waals surface area contributed by atoms with Crippen LogP contribution in [0.3, 0.4) is 0 Å². The topological polar surface area (TPSA) is 53.4 Å². The number of carbonyl (C=O) groups is 1. The normalized spacial score (nSPS) is 10.1. The number of nitrogens with zero attached hydrogens (tertiary/aromatic N) is 2. The van der Waals surface area contributed by atoms with Crippen molar-refractivity contribution in [2.24, 2.45) is 0 Å². The fourth-order valence-electron chi connectivity index (χ4n) is 1.69. The minimum atomic E-state index is -1.01. The fraction of sp³-hybridized carbons (Fsp3) is 0.143. The van der Waals surface area contributed by atoms with E-state index in [1.165, 1.54) is 6.07 Å². The molecule has 1 N–H and O–H groups in total. The van der Waals surface area contributed by atoms with Crippen molar-refractivity contribution >= 4 is 11.8 Å². The number of hydrogen-bond donors (Lipinski definition) is 1. The van der Waals surface area contributed by atoms with E-state index in [4.69, 9.17) is 5.11 Å². The van der Waals surface area contributed by atoms with Gasteiger partial charge in [0.15, 0.2) is 5.69 Å². The second-order valence-corrected chi connectivity index (χ2v) is 4.03. The van der Waals surface area contributed by atoms with Crippen LogP contribution in [-0.4, -0.2) is 23.1 Å². The Labute approximate surface area is 106 Å². The first kappa shape index (κ1) is 12.1. The largest absolute Gasteiger partial charge is 0.477 e. The second-order valence-electron chi connectivity index (χ2n) is 4.03. The molecule has 0 saturated heterocycles. The Kier molecular flexibility index (Phi) is 3.57. The monoisotopic (exact) mass is 242 g/mol. The molecule has 2 aromatic rings. The van der Waals surface area contributed by atoms with Crippen molar-refractivity contribution in [2.45, 2.75) is 6.54 Å². The van der Waals surface area contributed by atoms with Gasteiger partial charge in [-0.25, -0.2) is 9.78 Å². The molecule has 0 radical (unpaired) electrons. The number of aromatic carboxylic acids is 1. The molecule has 0 aliphatic heterocycles. The second kappa shape index (κ2) is 5.31. The third kappa shape index (κ3) is 2.85. The fourth-order valence-corrected chi connectivity index (χ4v) is 1.69. The Morgan fingerprint density at radius 3 is 2.56 bits per heavy atom. The molecule has 0 unspecified atom stereocenters. The number of hydrogen-bond acceptors (Lipinski definition) is 3. The molecule has 4 heteroatoms. The molecule has 18 heavy (non-hydrogen) atoms. The van der Waals surface area contributed by atoms with Crippen molar-refractivity contribution in [3.05, 3.63) is 59.8 Å². The van der Waals surface area contributed by atoms with Crippen molar-refractivity contribution in [1.82, 2.24) is 4.98 Å². The van der Waals surface area contributed by atoms with E-state index in [9.17, 15) is 4.79 Å².